The van der Waals surface area contributed by atoms with E-state index in [9.17, 15) is 9.59 Å². The number of nitrogens with one attached hydrogen (secondary N) is 1. The highest BCUT2D eigenvalue weighted by atomic mass is 16.2. The molecule has 1 fully saturated rings. The molecule has 1 atom stereocenters. The molecule has 8 nitrogen and oxygen atoms in total. The maximum Gasteiger partial charge on any atom is 0.325 e. The summed E-state index contributed by atoms with van der Waals surface area (Å²) in [7, 11) is 0. The van der Waals surface area contributed by atoms with E-state index in [2.05, 4.69) is 26.9 Å². The Hall–Kier alpha value is -3.55. The van der Waals surface area contributed by atoms with Crippen LogP contribution in [0.3, 0.4) is 0 Å². The van der Waals surface area contributed by atoms with E-state index in [4.69, 9.17) is 0 Å². The van der Waals surface area contributed by atoms with Gasteiger partial charge in [-0.2, -0.15) is 0 Å². The molecule has 1 unspecified atom stereocenters. The summed E-state index contributed by atoms with van der Waals surface area (Å²) in [5, 5.41) is 14.0. The Balaban J connectivity index is 1.65. The first kappa shape index (κ1) is 17.8. The third-order valence-electron chi connectivity index (χ3n) is 4.93. The highest BCUT2D eigenvalue weighted by molar-refractivity contribution is 6.07. The maximum absolute atomic E-state index is 13.2. The normalized spacial score (nSPS) is 19.2. The first-order valence-electron chi connectivity index (χ1n) is 8.92. The van der Waals surface area contributed by atoms with Gasteiger partial charge in [-0.15, -0.1) is 5.10 Å². The summed E-state index contributed by atoms with van der Waals surface area (Å²) in [6.07, 6.45) is 1.48. The number of tetrazole rings is 1. The van der Waals surface area contributed by atoms with Crippen molar-refractivity contribution in [2.45, 2.75) is 32.9 Å². The number of hydrogen-bond donors (Lipinski definition) is 1. The highest BCUT2D eigenvalue weighted by Gasteiger charge is 2.49. The van der Waals surface area contributed by atoms with Crippen LogP contribution >= 0.6 is 0 Å². The van der Waals surface area contributed by atoms with E-state index < -0.39 is 11.6 Å². The standard InChI is InChI=1S/C20H20N6O2/c1-13-7-14(2)9-15(8-13)11-25-18(27)20(3,22-19(25)28)16-5-4-6-17(10-16)26-12-21-23-24-26/h4-10,12H,11H2,1-3H3,(H,22,28). The third kappa shape index (κ3) is 3.02. The van der Waals surface area contributed by atoms with E-state index in [-0.39, 0.29) is 12.5 Å². The number of amides is 3. The van der Waals surface area contributed by atoms with Gasteiger partial charge in [0, 0.05) is 0 Å². The molecule has 0 aliphatic carbocycles. The molecule has 1 N–H and O–H groups in total. The number of carbonyl (C=O) groups is 2. The second-order valence-electron chi connectivity index (χ2n) is 7.25. The molecule has 3 aromatic rings. The topological polar surface area (TPSA) is 93.0 Å². The monoisotopic (exact) mass is 376 g/mol. The summed E-state index contributed by atoms with van der Waals surface area (Å²) in [4.78, 5) is 27.1. The Morgan fingerprint density at radius 3 is 2.50 bits per heavy atom. The molecule has 8 heteroatoms. The summed E-state index contributed by atoms with van der Waals surface area (Å²) in [5.41, 5.74) is 3.34. The molecule has 3 amide bonds. The molecule has 2 aromatic carbocycles. The molecule has 1 aromatic heterocycles. The molecule has 0 spiro atoms. The quantitative estimate of drug-likeness (QED) is 0.705. The van der Waals surface area contributed by atoms with Gasteiger partial charge in [-0.25, -0.2) is 9.48 Å². The Morgan fingerprint density at radius 1 is 1.07 bits per heavy atom. The van der Waals surface area contributed by atoms with E-state index in [1.54, 1.807) is 13.0 Å². The number of carbonyl (C=O) groups excluding carboxylic acids is 2. The number of hydrogen-bond acceptors (Lipinski definition) is 5. The van der Waals surface area contributed by atoms with Crippen LogP contribution in [-0.2, 0) is 16.9 Å². The van der Waals surface area contributed by atoms with Gasteiger partial charge in [-0.1, -0.05) is 41.5 Å². The van der Waals surface area contributed by atoms with E-state index >= 15 is 0 Å². The Bertz CT molecular complexity index is 1040. The van der Waals surface area contributed by atoms with Gasteiger partial charge >= 0.3 is 6.03 Å². The zero-order valence-electron chi connectivity index (χ0n) is 15.9. The molecule has 28 heavy (non-hydrogen) atoms. The van der Waals surface area contributed by atoms with E-state index in [1.807, 2.05) is 44.2 Å². The highest BCUT2D eigenvalue weighted by Crippen LogP contribution is 2.31. The van der Waals surface area contributed by atoms with Gasteiger partial charge in [-0.05, 0) is 54.5 Å². The van der Waals surface area contributed by atoms with Crippen molar-refractivity contribution in [1.82, 2.24) is 30.4 Å². The van der Waals surface area contributed by atoms with Crippen molar-refractivity contribution < 1.29 is 9.59 Å². The van der Waals surface area contributed by atoms with Crippen LogP contribution in [0.1, 0.15) is 29.2 Å². The molecule has 0 bridgehead atoms. The van der Waals surface area contributed by atoms with Crippen molar-refractivity contribution in [3.63, 3.8) is 0 Å². The Labute approximate surface area is 162 Å². The van der Waals surface area contributed by atoms with Crippen LogP contribution in [0.4, 0.5) is 4.79 Å². The largest absolute Gasteiger partial charge is 0.325 e. The summed E-state index contributed by atoms with van der Waals surface area (Å²) in [6.45, 7) is 5.94. The van der Waals surface area contributed by atoms with E-state index in [0.717, 1.165) is 16.7 Å². The average molecular weight is 376 g/mol. The number of imide groups is 1. The predicted octanol–water partition coefficient (Wildman–Crippen LogP) is 2.25. The maximum atomic E-state index is 13.2. The fraction of sp³-hybridized carbons (Fsp3) is 0.250. The molecule has 142 valence electrons. The van der Waals surface area contributed by atoms with Crippen LogP contribution in [0.25, 0.3) is 5.69 Å². The average Bonchev–Trinajstić information content (AvgIpc) is 3.25. The molecule has 1 aliphatic heterocycles. The number of urea groups is 1. The predicted molar refractivity (Wildman–Crippen MR) is 102 cm³/mol. The fourth-order valence-corrected chi connectivity index (χ4v) is 3.62. The van der Waals surface area contributed by atoms with Gasteiger partial charge in [0.25, 0.3) is 5.91 Å². The number of nitrogens with zero attached hydrogens (tertiary/aromatic N) is 5. The number of benzene rings is 2. The molecule has 4 rings (SSSR count). The van der Waals surface area contributed by atoms with E-state index in [1.165, 1.54) is 15.9 Å². The molecular formula is C20H20N6O2. The summed E-state index contributed by atoms with van der Waals surface area (Å²) >= 11 is 0. The van der Waals surface area contributed by atoms with Crippen LogP contribution in [0.5, 0.6) is 0 Å². The minimum atomic E-state index is -1.15. The molecule has 1 aliphatic rings. The molecule has 0 radical (unpaired) electrons. The zero-order valence-corrected chi connectivity index (χ0v) is 15.9. The van der Waals surface area contributed by atoms with E-state index in [0.29, 0.717) is 11.3 Å². The molecule has 2 heterocycles. The van der Waals surface area contributed by atoms with Gasteiger partial charge in [0.15, 0.2) is 0 Å². The minimum absolute atomic E-state index is 0.232. The Kier molecular flexibility index (Phi) is 4.18. The van der Waals surface area contributed by atoms with Crippen LogP contribution in [0.2, 0.25) is 0 Å². The van der Waals surface area contributed by atoms with Crippen molar-refractivity contribution in [2.24, 2.45) is 0 Å². The van der Waals surface area contributed by atoms with Crippen molar-refractivity contribution >= 4 is 11.9 Å². The lowest BCUT2D eigenvalue weighted by atomic mass is 9.91. The van der Waals surface area contributed by atoms with Gasteiger partial charge in [0.1, 0.15) is 11.9 Å². The lowest BCUT2D eigenvalue weighted by molar-refractivity contribution is -0.131. The number of aromatic nitrogens is 4. The van der Waals surface area contributed by atoms with Gasteiger partial charge in [-0.3, -0.25) is 9.69 Å². The Morgan fingerprint density at radius 2 is 1.82 bits per heavy atom. The van der Waals surface area contributed by atoms with Crippen molar-refractivity contribution in [3.8, 4) is 5.69 Å². The summed E-state index contributed by atoms with van der Waals surface area (Å²) in [5.74, 6) is -0.287. The van der Waals surface area contributed by atoms with Crippen molar-refractivity contribution in [2.75, 3.05) is 0 Å². The van der Waals surface area contributed by atoms with Gasteiger partial charge < -0.3 is 5.32 Å². The van der Waals surface area contributed by atoms with Crippen molar-refractivity contribution in [3.05, 3.63) is 71.0 Å². The second kappa shape index (κ2) is 6.56. The summed E-state index contributed by atoms with van der Waals surface area (Å²) < 4.78 is 1.50. The third-order valence-corrected chi connectivity index (χ3v) is 4.93. The first-order chi connectivity index (χ1) is 13.4. The van der Waals surface area contributed by atoms with Gasteiger partial charge in [0.05, 0.1) is 12.2 Å². The van der Waals surface area contributed by atoms with Crippen LogP contribution < -0.4 is 5.32 Å². The lowest BCUT2D eigenvalue weighted by Gasteiger charge is -2.23. The van der Waals surface area contributed by atoms with Crippen molar-refractivity contribution in [1.29, 1.82) is 0 Å². The zero-order chi connectivity index (χ0) is 19.9. The minimum Gasteiger partial charge on any atom is -0.319 e. The molecular weight excluding hydrogens is 356 g/mol. The lowest BCUT2D eigenvalue weighted by Crippen LogP contribution is -2.40. The smallest absolute Gasteiger partial charge is 0.319 e. The summed E-state index contributed by atoms with van der Waals surface area (Å²) in [6, 6.07) is 12.9. The first-order valence-corrected chi connectivity index (χ1v) is 8.92. The van der Waals surface area contributed by atoms with Crippen LogP contribution in [0, 0.1) is 13.8 Å². The number of aryl methyl sites for hydroxylation is 2. The van der Waals surface area contributed by atoms with Crippen LogP contribution in [-0.4, -0.2) is 37.0 Å². The number of rotatable bonds is 4. The van der Waals surface area contributed by atoms with Crippen LogP contribution in [0.15, 0.2) is 48.8 Å². The molecule has 0 saturated carbocycles. The van der Waals surface area contributed by atoms with Gasteiger partial charge in [0.2, 0.25) is 0 Å². The SMILES string of the molecule is Cc1cc(C)cc(CN2C(=O)NC(C)(c3cccc(-n4cnnn4)c3)C2=O)c1. The second-order valence-corrected chi connectivity index (χ2v) is 7.25. The fourth-order valence-electron chi connectivity index (χ4n) is 3.62. The molecule has 1 saturated heterocycles.